The van der Waals surface area contributed by atoms with E-state index in [1.54, 1.807) is 0 Å². The molecule has 1 aliphatic rings. The van der Waals surface area contributed by atoms with Gasteiger partial charge in [-0.2, -0.15) is 0 Å². The molecule has 1 aliphatic carbocycles. The van der Waals surface area contributed by atoms with Crippen LogP contribution in [0, 0.1) is 11.8 Å². The van der Waals surface area contributed by atoms with Gasteiger partial charge in [0.25, 0.3) is 0 Å². The second kappa shape index (κ2) is 8.48. The van der Waals surface area contributed by atoms with Crippen molar-refractivity contribution in [3.8, 4) is 0 Å². The van der Waals surface area contributed by atoms with Gasteiger partial charge in [-0.1, -0.05) is 12.8 Å². The second-order valence-electron chi connectivity index (χ2n) is 5.31. The Hall–Kier alpha value is -0.610. The molecule has 18 heavy (non-hydrogen) atoms. The lowest BCUT2D eigenvalue weighted by Crippen LogP contribution is -2.37. The SMILES string of the molecule is CCOC(=O)CC(C)NCC1CCCCC1CO. The third-order valence-corrected chi connectivity index (χ3v) is 3.81. The van der Waals surface area contributed by atoms with E-state index >= 15 is 0 Å². The molecule has 3 atom stereocenters. The standard InChI is InChI=1S/C14H27NO3/c1-3-18-14(17)8-11(2)15-9-12-6-4-5-7-13(12)10-16/h11-13,15-16H,3-10H2,1-2H3. The van der Waals surface area contributed by atoms with Gasteiger partial charge in [-0.3, -0.25) is 4.79 Å². The molecular formula is C14H27NO3. The summed E-state index contributed by atoms with van der Waals surface area (Å²) in [6, 6.07) is 0.144. The Balaban J connectivity index is 2.23. The molecule has 1 saturated carbocycles. The van der Waals surface area contributed by atoms with Gasteiger partial charge in [0.05, 0.1) is 13.0 Å². The van der Waals surface area contributed by atoms with Crippen LogP contribution in [0.2, 0.25) is 0 Å². The van der Waals surface area contributed by atoms with E-state index < -0.39 is 0 Å². The first-order valence-corrected chi connectivity index (χ1v) is 7.17. The van der Waals surface area contributed by atoms with Crippen LogP contribution in [0.15, 0.2) is 0 Å². The Morgan fingerprint density at radius 1 is 1.39 bits per heavy atom. The molecule has 106 valence electrons. The van der Waals surface area contributed by atoms with E-state index in [-0.39, 0.29) is 12.0 Å². The van der Waals surface area contributed by atoms with E-state index in [0.29, 0.717) is 31.5 Å². The van der Waals surface area contributed by atoms with Crippen LogP contribution in [0.1, 0.15) is 46.0 Å². The zero-order chi connectivity index (χ0) is 13.4. The average Bonchev–Trinajstić information content (AvgIpc) is 2.37. The van der Waals surface area contributed by atoms with Gasteiger partial charge in [-0.15, -0.1) is 0 Å². The lowest BCUT2D eigenvalue weighted by Gasteiger charge is -2.31. The van der Waals surface area contributed by atoms with Gasteiger partial charge >= 0.3 is 5.97 Å². The fourth-order valence-electron chi connectivity index (χ4n) is 2.69. The minimum atomic E-state index is -0.139. The first-order chi connectivity index (χ1) is 8.67. The number of hydrogen-bond donors (Lipinski definition) is 2. The van der Waals surface area contributed by atoms with Crippen LogP contribution in [0.3, 0.4) is 0 Å². The summed E-state index contributed by atoms with van der Waals surface area (Å²) >= 11 is 0. The van der Waals surface area contributed by atoms with Crippen molar-refractivity contribution < 1.29 is 14.6 Å². The van der Waals surface area contributed by atoms with Crippen LogP contribution in [-0.4, -0.2) is 36.9 Å². The Labute approximate surface area is 110 Å². The Bertz CT molecular complexity index is 245. The van der Waals surface area contributed by atoms with E-state index in [0.717, 1.165) is 13.0 Å². The van der Waals surface area contributed by atoms with Crippen LogP contribution in [0.5, 0.6) is 0 Å². The molecular weight excluding hydrogens is 230 g/mol. The zero-order valence-electron chi connectivity index (χ0n) is 11.7. The maximum atomic E-state index is 11.3. The number of hydrogen-bond acceptors (Lipinski definition) is 4. The third-order valence-electron chi connectivity index (χ3n) is 3.81. The van der Waals surface area contributed by atoms with Crippen molar-refractivity contribution in [2.24, 2.45) is 11.8 Å². The topological polar surface area (TPSA) is 58.6 Å². The molecule has 4 nitrogen and oxygen atoms in total. The fraction of sp³-hybridized carbons (Fsp3) is 0.929. The minimum absolute atomic E-state index is 0.139. The molecule has 0 aromatic heterocycles. The predicted octanol–water partition coefficient (Wildman–Crippen LogP) is 1.72. The van der Waals surface area contributed by atoms with Crippen molar-refractivity contribution in [2.45, 2.75) is 52.0 Å². The van der Waals surface area contributed by atoms with E-state index in [4.69, 9.17) is 4.74 Å². The Kier molecular flexibility index (Phi) is 7.28. The second-order valence-corrected chi connectivity index (χ2v) is 5.31. The highest BCUT2D eigenvalue weighted by molar-refractivity contribution is 5.69. The number of esters is 1. The zero-order valence-corrected chi connectivity index (χ0v) is 11.7. The quantitative estimate of drug-likeness (QED) is 0.682. The summed E-state index contributed by atoms with van der Waals surface area (Å²) in [5.74, 6) is 0.842. The molecule has 0 spiro atoms. The summed E-state index contributed by atoms with van der Waals surface area (Å²) in [5.41, 5.74) is 0. The van der Waals surface area contributed by atoms with Crippen molar-refractivity contribution in [2.75, 3.05) is 19.8 Å². The molecule has 0 radical (unpaired) electrons. The van der Waals surface area contributed by atoms with Crippen LogP contribution in [0.4, 0.5) is 0 Å². The largest absolute Gasteiger partial charge is 0.466 e. The van der Waals surface area contributed by atoms with Crippen molar-refractivity contribution >= 4 is 5.97 Å². The molecule has 1 fully saturated rings. The van der Waals surface area contributed by atoms with E-state index in [2.05, 4.69) is 5.32 Å². The van der Waals surface area contributed by atoms with Gasteiger partial charge in [-0.25, -0.2) is 0 Å². The Morgan fingerprint density at radius 2 is 2.06 bits per heavy atom. The molecule has 3 unspecified atom stereocenters. The van der Waals surface area contributed by atoms with Gasteiger partial charge in [0.2, 0.25) is 0 Å². The van der Waals surface area contributed by atoms with Crippen LogP contribution < -0.4 is 5.32 Å². The summed E-state index contributed by atoms with van der Waals surface area (Å²) in [7, 11) is 0. The molecule has 0 heterocycles. The van der Waals surface area contributed by atoms with Gasteiger partial charge in [0, 0.05) is 12.6 Å². The number of nitrogens with one attached hydrogen (secondary N) is 1. The number of rotatable bonds is 7. The lowest BCUT2D eigenvalue weighted by atomic mass is 9.79. The number of carbonyl (C=O) groups excluding carboxylic acids is 1. The average molecular weight is 257 g/mol. The van der Waals surface area contributed by atoms with Gasteiger partial charge in [0.1, 0.15) is 0 Å². The first-order valence-electron chi connectivity index (χ1n) is 7.17. The van der Waals surface area contributed by atoms with Crippen LogP contribution in [0.25, 0.3) is 0 Å². The van der Waals surface area contributed by atoms with Gasteiger partial charge < -0.3 is 15.2 Å². The highest BCUT2D eigenvalue weighted by Gasteiger charge is 2.24. The minimum Gasteiger partial charge on any atom is -0.466 e. The number of aliphatic hydroxyl groups is 1. The molecule has 2 N–H and O–H groups in total. The number of ether oxygens (including phenoxy) is 1. The van der Waals surface area contributed by atoms with E-state index in [1.165, 1.54) is 19.3 Å². The molecule has 1 rings (SSSR count). The summed E-state index contributed by atoms with van der Waals surface area (Å²) < 4.78 is 4.93. The highest BCUT2D eigenvalue weighted by Crippen LogP contribution is 2.29. The molecule has 0 aliphatic heterocycles. The smallest absolute Gasteiger partial charge is 0.307 e. The third kappa shape index (κ3) is 5.36. The number of carbonyl (C=O) groups is 1. The monoisotopic (exact) mass is 257 g/mol. The van der Waals surface area contributed by atoms with Crippen molar-refractivity contribution in [1.29, 1.82) is 0 Å². The van der Waals surface area contributed by atoms with E-state index in [9.17, 15) is 9.90 Å². The number of aliphatic hydroxyl groups excluding tert-OH is 1. The Morgan fingerprint density at radius 3 is 2.67 bits per heavy atom. The van der Waals surface area contributed by atoms with Crippen LogP contribution >= 0.6 is 0 Å². The van der Waals surface area contributed by atoms with Crippen molar-refractivity contribution in [3.05, 3.63) is 0 Å². The van der Waals surface area contributed by atoms with Crippen molar-refractivity contribution in [3.63, 3.8) is 0 Å². The molecule has 0 aromatic rings. The molecule has 4 heteroatoms. The molecule has 0 bridgehead atoms. The molecule has 0 amide bonds. The summed E-state index contributed by atoms with van der Waals surface area (Å²) in [5, 5.41) is 12.7. The summed E-state index contributed by atoms with van der Waals surface area (Å²) in [6.45, 7) is 5.46. The van der Waals surface area contributed by atoms with Gasteiger partial charge in [-0.05, 0) is 45.1 Å². The maximum Gasteiger partial charge on any atom is 0.307 e. The van der Waals surface area contributed by atoms with Crippen molar-refractivity contribution in [1.82, 2.24) is 5.32 Å². The van der Waals surface area contributed by atoms with Gasteiger partial charge in [0.15, 0.2) is 0 Å². The van der Waals surface area contributed by atoms with Crippen LogP contribution in [-0.2, 0) is 9.53 Å². The lowest BCUT2D eigenvalue weighted by molar-refractivity contribution is -0.143. The summed E-state index contributed by atoms with van der Waals surface area (Å²) in [4.78, 5) is 11.3. The molecule has 0 saturated heterocycles. The predicted molar refractivity (Wildman–Crippen MR) is 71.2 cm³/mol. The fourth-order valence-corrected chi connectivity index (χ4v) is 2.69. The van der Waals surface area contributed by atoms with E-state index in [1.807, 2.05) is 13.8 Å². The maximum absolute atomic E-state index is 11.3. The molecule has 0 aromatic carbocycles. The first kappa shape index (κ1) is 15.4. The highest BCUT2D eigenvalue weighted by atomic mass is 16.5. The normalized spacial score (nSPS) is 25.7. The summed E-state index contributed by atoms with van der Waals surface area (Å²) in [6.07, 6.45) is 5.24.